The van der Waals surface area contributed by atoms with Gasteiger partial charge in [-0.25, -0.2) is 0 Å². The summed E-state index contributed by atoms with van der Waals surface area (Å²) in [4.78, 5) is 15.8. The summed E-state index contributed by atoms with van der Waals surface area (Å²) in [6.07, 6.45) is 3.07. The Kier molecular flexibility index (Phi) is 5.40. The van der Waals surface area contributed by atoms with Crippen LogP contribution in [0.3, 0.4) is 0 Å². The van der Waals surface area contributed by atoms with Crippen LogP contribution in [-0.4, -0.2) is 29.9 Å². The van der Waals surface area contributed by atoms with Gasteiger partial charge in [0.1, 0.15) is 0 Å². The Morgan fingerprint density at radius 1 is 1.58 bits per heavy atom. The average molecular weight is 280 g/mol. The van der Waals surface area contributed by atoms with Crippen molar-refractivity contribution in [1.82, 2.24) is 10.2 Å². The maximum atomic E-state index is 12.5. The number of hydrogen-bond acceptors (Lipinski definition) is 3. The first-order valence-electron chi connectivity index (χ1n) is 7.19. The number of carbonyl (C=O) groups is 1. The zero-order valence-electron chi connectivity index (χ0n) is 11.9. The second-order valence-electron chi connectivity index (χ2n) is 5.61. The van der Waals surface area contributed by atoms with Crippen molar-refractivity contribution in [2.45, 2.75) is 45.7 Å². The van der Waals surface area contributed by atoms with Crippen LogP contribution in [0.5, 0.6) is 0 Å². The van der Waals surface area contributed by atoms with Gasteiger partial charge in [-0.1, -0.05) is 6.07 Å². The Morgan fingerprint density at radius 3 is 3.00 bits per heavy atom. The fraction of sp³-hybridized carbons (Fsp3) is 0.667. The molecule has 19 heavy (non-hydrogen) atoms. The molecule has 4 heteroatoms. The number of thiophene rings is 1. The van der Waals surface area contributed by atoms with E-state index in [0.717, 1.165) is 19.6 Å². The number of rotatable bonds is 5. The van der Waals surface area contributed by atoms with Crippen molar-refractivity contribution in [3.63, 3.8) is 0 Å². The summed E-state index contributed by atoms with van der Waals surface area (Å²) in [7, 11) is 0. The number of nitrogens with zero attached hydrogens (tertiary/aromatic N) is 1. The van der Waals surface area contributed by atoms with Gasteiger partial charge in [-0.3, -0.25) is 4.79 Å². The van der Waals surface area contributed by atoms with E-state index < -0.39 is 0 Å². The predicted molar refractivity (Wildman–Crippen MR) is 80.2 cm³/mol. The molecule has 0 bridgehead atoms. The first-order valence-corrected chi connectivity index (χ1v) is 8.07. The minimum Gasteiger partial charge on any atom is -0.335 e. The van der Waals surface area contributed by atoms with E-state index in [-0.39, 0.29) is 6.04 Å². The van der Waals surface area contributed by atoms with Gasteiger partial charge in [0.2, 0.25) is 5.91 Å². The van der Waals surface area contributed by atoms with Crippen LogP contribution in [0.1, 0.15) is 38.0 Å². The van der Waals surface area contributed by atoms with E-state index >= 15 is 0 Å². The molecule has 2 heterocycles. The SMILES string of the molecule is CC(C)N(Cc1cccs1)C(=O)CC1CCCNC1. The lowest BCUT2D eigenvalue weighted by atomic mass is 9.95. The molecule has 1 N–H and O–H groups in total. The van der Waals surface area contributed by atoms with Gasteiger partial charge in [0.15, 0.2) is 0 Å². The topological polar surface area (TPSA) is 32.3 Å². The van der Waals surface area contributed by atoms with Crippen molar-refractivity contribution in [3.05, 3.63) is 22.4 Å². The van der Waals surface area contributed by atoms with Crippen molar-refractivity contribution in [2.24, 2.45) is 5.92 Å². The number of piperidine rings is 1. The minimum atomic E-state index is 0.270. The Balaban J connectivity index is 1.92. The maximum Gasteiger partial charge on any atom is 0.223 e. The molecule has 1 atom stereocenters. The summed E-state index contributed by atoms with van der Waals surface area (Å²) >= 11 is 1.73. The van der Waals surface area contributed by atoms with E-state index in [1.54, 1.807) is 11.3 Å². The standard InChI is InChI=1S/C15H24N2OS/c1-12(2)17(11-14-6-4-8-19-14)15(18)9-13-5-3-7-16-10-13/h4,6,8,12-13,16H,3,5,7,9-11H2,1-2H3. The van der Waals surface area contributed by atoms with E-state index in [1.807, 2.05) is 11.0 Å². The predicted octanol–water partition coefficient (Wildman–Crippen LogP) is 2.87. The van der Waals surface area contributed by atoms with Crippen LogP contribution in [0.2, 0.25) is 0 Å². The molecule has 0 saturated carbocycles. The molecule has 1 aromatic heterocycles. The van der Waals surface area contributed by atoms with Crippen molar-refractivity contribution >= 4 is 17.2 Å². The first-order chi connectivity index (χ1) is 9.16. The lowest BCUT2D eigenvalue weighted by Gasteiger charge is -2.29. The van der Waals surface area contributed by atoms with Gasteiger partial charge in [0.25, 0.3) is 0 Å². The third-order valence-electron chi connectivity index (χ3n) is 3.71. The molecule has 0 spiro atoms. The van der Waals surface area contributed by atoms with Gasteiger partial charge in [-0.2, -0.15) is 0 Å². The van der Waals surface area contributed by atoms with Gasteiger partial charge in [-0.05, 0) is 57.1 Å². The van der Waals surface area contributed by atoms with Gasteiger partial charge >= 0.3 is 0 Å². The fourth-order valence-electron chi connectivity index (χ4n) is 2.59. The molecule has 0 radical (unpaired) electrons. The molecule has 0 aromatic carbocycles. The molecule has 1 aliphatic rings. The van der Waals surface area contributed by atoms with Gasteiger partial charge in [0, 0.05) is 17.3 Å². The van der Waals surface area contributed by atoms with Crippen LogP contribution in [0.25, 0.3) is 0 Å². The highest BCUT2D eigenvalue weighted by Crippen LogP contribution is 2.19. The van der Waals surface area contributed by atoms with E-state index in [0.29, 0.717) is 18.2 Å². The molecule has 1 saturated heterocycles. The van der Waals surface area contributed by atoms with Crippen LogP contribution < -0.4 is 5.32 Å². The molecule has 1 fully saturated rings. The molecule has 1 aliphatic heterocycles. The summed E-state index contributed by atoms with van der Waals surface area (Å²) in [6.45, 7) is 7.06. The van der Waals surface area contributed by atoms with Crippen molar-refractivity contribution in [3.8, 4) is 0 Å². The molecule has 3 nitrogen and oxygen atoms in total. The van der Waals surface area contributed by atoms with Gasteiger partial charge in [0.05, 0.1) is 6.54 Å². The second kappa shape index (κ2) is 7.06. The summed E-state index contributed by atoms with van der Waals surface area (Å²) in [6, 6.07) is 4.43. The zero-order valence-corrected chi connectivity index (χ0v) is 12.7. The van der Waals surface area contributed by atoms with Crippen LogP contribution in [0, 0.1) is 5.92 Å². The largest absolute Gasteiger partial charge is 0.335 e. The Bertz CT molecular complexity index is 383. The van der Waals surface area contributed by atoms with E-state index in [2.05, 4.69) is 30.6 Å². The molecule has 106 valence electrons. The molecular weight excluding hydrogens is 256 g/mol. The molecule has 0 aliphatic carbocycles. The van der Waals surface area contributed by atoms with Crippen molar-refractivity contribution in [1.29, 1.82) is 0 Å². The average Bonchev–Trinajstić information content (AvgIpc) is 2.89. The molecule has 1 aromatic rings. The smallest absolute Gasteiger partial charge is 0.223 e. The van der Waals surface area contributed by atoms with Crippen LogP contribution in [0.4, 0.5) is 0 Å². The highest BCUT2D eigenvalue weighted by Gasteiger charge is 2.22. The monoisotopic (exact) mass is 280 g/mol. The van der Waals surface area contributed by atoms with Crippen LogP contribution in [-0.2, 0) is 11.3 Å². The Hall–Kier alpha value is -0.870. The maximum absolute atomic E-state index is 12.5. The molecule has 2 rings (SSSR count). The highest BCUT2D eigenvalue weighted by atomic mass is 32.1. The van der Waals surface area contributed by atoms with Gasteiger partial charge < -0.3 is 10.2 Å². The van der Waals surface area contributed by atoms with Crippen LogP contribution >= 0.6 is 11.3 Å². The number of carbonyl (C=O) groups excluding carboxylic acids is 1. The van der Waals surface area contributed by atoms with Gasteiger partial charge in [-0.15, -0.1) is 11.3 Å². The lowest BCUT2D eigenvalue weighted by molar-refractivity contribution is -0.134. The summed E-state index contributed by atoms with van der Waals surface area (Å²) in [5.74, 6) is 0.822. The summed E-state index contributed by atoms with van der Waals surface area (Å²) < 4.78 is 0. The molecule has 1 amide bonds. The summed E-state index contributed by atoms with van der Waals surface area (Å²) in [5, 5.41) is 5.46. The first kappa shape index (κ1) is 14.5. The van der Waals surface area contributed by atoms with Crippen molar-refractivity contribution in [2.75, 3.05) is 13.1 Å². The fourth-order valence-corrected chi connectivity index (χ4v) is 3.29. The Labute approximate surface area is 120 Å². The number of nitrogens with one attached hydrogen (secondary N) is 1. The minimum absolute atomic E-state index is 0.270. The number of amides is 1. The van der Waals surface area contributed by atoms with E-state index in [4.69, 9.17) is 0 Å². The highest BCUT2D eigenvalue weighted by molar-refractivity contribution is 7.09. The molecule has 1 unspecified atom stereocenters. The van der Waals surface area contributed by atoms with Crippen LogP contribution in [0.15, 0.2) is 17.5 Å². The van der Waals surface area contributed by atoms with Crippen molar-refractivity contribution < 1.29 is 4.79 Å². The number of hydrogen-bond donors (Lipinski definition) is 1. The Morgan fingerprint density at radius 2 is 2.42 bits per heavy atom. The molecular formula is C15H24N2OS. The van der Waals surface area contributed by atoms with E-state index in [9.17, 15) is 4.79 Å². The second-order valence-corrected chi connectivity index (χ2v) is 6.64. The van der Waals surface area contributed by atoms with E-state index in [1.165, 1.54) is 17.7 Å². The third-order valence-corrected chi connectivity index (χ3v) is 4.57. The lowest BCUT2D eigenvalue weighted by Crippen LogP contribution is -2.39. The zero-order chi connectivity index (χ0) is 13.7. The third kappa shape index (κ3) is 4.32. The summed E-state index contributed by atoms with van der Waals surface area (Å²) in [5.41, 5.74) is 0. The normalized spacial score (nSPS) is 19.6. The quantitative estimate of drug-likeness (QED) is 0.899.